The molecule has 1 N–H and O–H groups in total. The fourth-order valence-electron chi connectivity index (χ4n) is 2.88. The largest absolute Gasteiger partial charge is 0.462 e. The van der Waals surface area contributed by atoms with Crippen molar-refractivity contribution in [2.45, 2.75) is 32.6 Å². The monoisotopic (exact) mass is 347 g/mol. The van der Waals surface area contributed by atoms with Crippen molar-refractivity contribution in [1.82, 2.24) is 0 Å². The Bertz CT molecular complexity index is 785. The molecule has 1 aliphatic rings. The maximum atomic E-state index is 13.3. The van der Waals surface area contributed by atoms with Crippen molar-refractivity contribution < 1.29 is 18.7 Å². The van der Waals surface area contributed by atoms with Crippen LogP contribution in [0, 0.1) is 5.82 Å². The van der Waals surface area contributed by atoms with Crippen molar-refractivity contribution in [3.63, 3.8) is 0 Å². The molecule has 0 saturated carbocycles. The number of hydrogen-bond donors (Lipinski definition) is 1. The number of aryl methyl sites for hydroxylation is 1. The molecule has 0 spiro atoms. The van der Waals surface area contributed by atoms with Gasteiger partial charge in [0.1, 0.15) is 10.8 Å². The molecule has 24 heavy (non-hydrogen) atoms. The van der Waals surface area contributed by atoms with E-state index in [0.29, 0.717) is 10.6 Å². The number of carbonyl (C=O) groups excluding carboxylic acids is 2. The number of rotatable bonds is 4. The van der Waals surface area contributed by atoms with E-state index in [1.54, 1.807) is 6.92 Å². The predicted octanol–water partition coefficient (Wildman–Crippen LogP) is 4.20. The Labute approximate surface area is 143 Å². The van der Waals surface area contributed by atoms with Crippen LogP contribution in [0.15, 0.2) is 24.3 Å². The molecule has 0 saturated heterocycles. The number of hydrogen-bond acceptors (Lipinski definition) is 4. The molecule has 6 heteroatoms. The third-order valence-electron chi connectivity index (χ3n) is 3.96. The summed E-state index contributed by atoms with van der Waals surface area (Å²) in [5.41, 5.74) is 1.66. The van der Waals surface area contributed by atoms with Gasteiger partial charge in [-0.15, -0.1) is 11.3 Å². The average Bonchev–Trinajstić information content (AvgIpc) is 2.93. The van der Waals surface area contributed by atoms with Gasteiger partial charge in [0.2, 0.25) is 0 Å². The summed E-state index contributed by atoms with van der Waals surface area (Å²) in [7, 11) is 0. The Kier molecular flexibility index (Phi) is 4.94. The number of amides is 1. The molecule has 126 valence electrons. The molecular formula is C18H18FNO3S. The van der Waals surface area contributed by atoms with E-state index >= 15 is 0 Å². The maximum absolute atomic E-state index is 13.3. The molecule has 0 radical (unpaired) electrons. The zero-order valence-corrected chi connectivity index (χ0v) is 14.2. The summed E-state index contributed by atoms with van der Waals surface area (Å²) in [5.74, 6) is -1.32. The van der Waals surface area contributed by atoms with Gasteiger partial charge >= 0.3 is 5.97 Å². The van der Waals surface area contributed by atoms with E-state index in [2.05, 4.69) is 5.32 Å². The summed E-state index contributed by atoms with van der Waals surface area (Å²) >= 11 is 1.42. The van der Waals surface area contributed by atoms with E-state index in [1.807, 2.05) is 0 Å². The lowest BCUT2D eigenvalue weighted by atomic mass is 9.95. The van der Waals surface area contributed by atoms with Crippen LogP contribution in [0.1, 0.15) is 50.9 Å². The third kappa shape index (κ3) is 3.33. The maximum Gasteiger partial charge on any atom is 0.341 e. The van der Waals surface area contributed by atoms with Crippen LogP contribution >= 0.6 is 11.3 Å². The normalized spacial score (nSPS) is 13.2. The smallest absolute Gasteiger partial charge is 0.341 e. The summed E-state index contributed by atoms with van der Waals surface area (Å²) < 4.78 is 18.5. The minimum Gasteiger partial charge on any atom is -0.462 e. The van der Waals surface area contributed by atoms with Gasteiger partial charge in [0.15, 0.2) is 0 Å². The van der Waals surface area contributed by atoms with Crippen LogP contribution in [0.2, 0.25) is 0 Å². The second-order valence-electron chi connectivity index (χ2n) is 5.60. The first-order chi connectivity index (χ1) is 11.6. The van der Waals surface area contributed by atoms with Gasteiger partial charge in [0.05, 0.1) is 12.2 Å². The SMILES string of the molecule is CCOC(=O)c1c(NC(=O)c2cccc(F)c2)sc2c1CCCC2. The zero-order chi connectivity index (χ0) is 17.1. The number of ether oxygens (including phenoxy) is 1. The Morgan fingerprint density at radius 1 is 1.29 bits per heavy atom. The average molecular weight is 347 g/mol. The van der Waals surface area contributed by atoms with Crippen LogP contribution in [0.25, 0.3) is 0 Å². The number of benzene rings is 1. The Hall–Kier alpha value is -2.21. The number of esters is 1. The Morgan fingerprint density at radius 3 is 2.83 bits per heavy atom. The summed E-state index contributed by atoms with van der Waals surface area (Å²) in [4.78, 5) is 25.9. The van der Waals surface area contributed by atoms with Gasteiger partial charge in [0.25, 0.3) is 5.91 Å². The molecule has 0 fully saturated rings. The number of fused-ring (bicyclic) bond motifs is 1. The zero-order valence-electron chi connectivity index (χ0n) is 13.4. The second kappa shape index (κ2) is 7.13. The molecule has 0 bridgehead atoms. The van der Waals surface area contributed by atoms with Crippen LogP contribution in [-0.2, 0) is 17.6 Å². The van der Waals surface area contributed by atoms with Gasteiger partial charge in [-0.1, -0.05) is 6.07 Å². The molecule has 3 rings (SSSR count). The lowest BCUT2D eigenvalue weighted by Crippen LogP contribution is -2.15. The van der Waals surface area contributed by atoms with E-state index < -0.39 is 17.7 Å². The van der Waals surface area contributed by atoms with Crippen molar-refractivity contribution in [2.24, 2.45) is 0 Å². The van der Waals surface area contributed by atoms with E-state index in [-0.39, 0.29) is 12.2 Å². The molecule has 1 aromatic heterocycles. The van der Waals surface area contributed by atoms with Gasteiger partial charge in [0, 0.05) is 10.4 Å². The minimum absolute atomic E-state index is 0.219. The molecule has 0 unspecified atom stereocenters. The quantitative estimate of drug-likeness (QED) is 0.844. The Balaban J connectivity index is 1.93. The number of halogens is 1. The van der Waals surface area contributed by atoms with Gasteiger partial charge < -0.3 is 10.1 Å². The number of nitrogens with one attached hydrogen (secondary N) is 1. The highest BCUT2D eigenvalue weighted by Gasteiger charge is 2.27. The molecule has 2 aromatic rings. The first-order valence-electron chi connectivity index (χ1n) is 7.98. The van der Waals surface area contributed by atoms with Crippen molar-refractivity contribution in [2.75, 3.05) is 11.9 Å². The lowest BCUT2D eigenvalue weighted by Gasteiger charge is -2.12. The number of carbonyl (C=O) groups is 2. The number of anilines is 1. The molecule has 0 aliphatic heterocycles. The second-order valence-corrected chi connectivity index (χ2v) is 6.71. The van der Waals surface area contributed by atoms with Crippen LogP contribution in [-0.4, -0.2) is 18.5 Å². The molecule has 0 atom stereocenters. The molecule has 1 aliphatic carbocycles. The molecular weight excluding hydrogens is 329 g/mol. The van der Waals surface area contributed by atoms with Crippen LogP contribution in [0.4, 0.5) is 9.39 Å². The van der Waals surface area contributed by atoms with Gasteiger partial charge in [-0.05, 0) is 56.4 Å². The lowest BCUT2D eigenvalue weighted by molar-refractivity contribution is 0.0526. The van der Waals surface area contributed by atoms with E-state index in [4.69, 9.17) is 4.74 Å². The highest BCUT2D eigenvalue weighted by molar-refractivity contribution is 7.17. The van der Waals surface area contributed by atoms with Crippen LogP contribution in [0.5, 0.6) is 0 Å². The van der Waals surface area contributed by atoms with Gasteiger partial charge in [-0.25, -0.2) is 9.18 Å². The molecule has 1 heterocycles. The number of thiophene rings is 1. The van der Waals surface area contributed by atoms with Gasteiger partial charge in [-0.3, -0.25) is 4.79 Å². The summed E-state index contributed by atoms with van der Waals surface area (Å²) in [5, 5.41) is 3.26. The van der Waals surface area contributed by atoms with E-state index in [9.17, 15) is 14.0 Å². The van der Waals surface area contributed by atoms with E-state index in [0.717, 1.165) is 36.1 Å². The molecule has 4 nitrogen and oxygen atoms in total. The highest BCUT2D eigenvalue weighted by Crippen LogP contribution is 2.38. The standard InChI is InChI=1S/C18H18FNO3S/c1-2-23-18(22)15-13-8-3-4-9-14(13)24-17(15)20-16(21)11-6-5-7-12(19)10-11/h5-7,10H,2-4,8-9H2,1H3,(H,20,21). The van der Waals surface area contributed by atoms with Crippen molar-refractivity contribution >= 4 is 28.2 Å². The van der Waals surface area contributed by atoms with Gasteiger partial charge in [-0.2, -0.15) is 0 Å². The van der Waals surface area contributed by atoms with Crippen molar-refractivity contribution in [3.05, 3.63) is 51.7 Å². The third-order valence-corrected chi connectivity index (χ3v) is 5.17. The van der Waals surface area contributed by atoms with Crippen molar-refractivity contribution in [1.29, 1.82) is 0 Å². The predicted molar refractivity (Wildman–Crippen MR) is 91.3 cm³/mol. The molecule has 1 amide bonds. The first kappa shape index (κ1) is 16.6. The highest BCUT2D eigenvalue weighted by atomic mass is 32.1. The minimum atomic E-state index is -0.473. The van der Waals surface area contributed by atoms with Crippen LogP contribution in [0.3, 0.4) is 0 Å². The Morgan fingerprint density at radius 2 is 2.08 bits per heavy atom. The molecule has 1 aromatic carbocycles. The van der Waals surface area contributed by atoms with Crippen molar-refractivity contribution in [3.8, 4) is 0 Å². The summed E-state index contributed by atoms with van der Waals surface area (Å²) in [6.45, 7) is 2.03. The fourth-order valence-corrected chi connectivity index (χ4v) is 4.15. The summed E-state index contributed by atoms with van der Waals surface area (Å²) in [6.07, 6.45) is 3.82. The topological polar surface area (TPSA) is 55.4 Å². The summed E-state index contributed by atoms with van der Waals surface area (Å²) in [6, 6.07) is 5.48. The van der Waals surface area contributed by atoms with Crippen LogP contribution < -0.4 is 5.32 Å². The fraction of sp³-hybridized carbons (Fsp3) is 0.333. The first-order valence-corrected chi connectivity index (χ1v) is 8.80. The van der Waals surface area contributed by atoms with E-state index in [1.165, 1.54) is 35.6 Å².